The third-order valence-electron chi connectivity index (χ3n) is 4.41. The summed E-state index contributed by atoms with van der Waals surface area (Å²) in [5, 5.41) is 0. The molecule has 0 spiro atoms. The monoisotopic (exact) mass is 375 g/mol. The summed E-state index contributed by atoms with van der Waals surface area (Å²) < 4.78 is 28.4. The van der Waals surface area contributed by atoms with Crippen LogP contribution in [0.2, 0.25) is 0 Å². The molecular weight excluding hydrogens is 357 g/mol. The summed E-state index contributed by atoms with van der Waals surface area (Å²) in [6, 6.07) is 3.99. The van der Waals surface area contributed by atoms with E-state index in [0.29, 0.717) is 22.6 Å². The normalized spacial score (nSPS) is 15.0. The van der Waals surface area contributed by atoms with Crippen LogP contribution in [0.4, 0.5) is 4.39 Å². The van der Waals surface area contributed by atoms with Gasteiger partial charge in [-0.1, -0.05) is 0 Å². The van der Waals surface area contributed by atoms with Crippen molar-refractivity contribution in [1.82, 2.24) is 4.98 Å². The van der Waals surface area contributed by atoms with Crippen molar-refractivity contribution >= 4 is 17.7 Å². The molecule has 0 bridgehead atoms. The van der Waals surface area contributed by atoms with E-state index in [-0.39, 0.29) is 17.7 Å². The minimum atomic E-state index is -0.924. The molecule has 0 radical (unpaired) electrons. The van der Waals surface area contributed by atoms with Crippen LogP contribution in [-0.4, -0.2) is 42.5 Å². The molecule has 27 heavy (non-hydrogen) atoms. The molecule has 1 aromatic heterocycles. The lowest BCUT2D eigenvalue weighted by Gasteiger charge is -2.10. The van der Waals surface area contributed by atoms with E-state index >= 15 is 0 Å². The molecule has 1 aromatic carbocycles. The molecule has 3 rings (SSSR count). The zero-order chi connectivity index (χ0) is 19.7. The Morgan fingerprint density at radius 2 is 2.04 bits per heavy atom. The van der Waals surface area contributed by atoms with E-state index in [0.717, 1.165) is 0 Å². The summed E-state index contributed by atoms with van der Waals surface area (Å²) in [5.41, 5.74) is 1.95. The summed E-state index contributed by atoms with van der Waals surface area (Å²) >= 11 is 0. The van der Waals surface area contributed by atoms with Crippen molar-refractivity contribution in [2.75, 3.05) is 13.7 Å². The van der Waals surface area contributed by atoms with E-state index in [1.165, 1.54) is 25.3 Å². The summed E-state index contributed by atoms with van der Waals surface area (Å²) in [6.07, 6.45) is -0.750. The van der Waals surface area contributed by atoms with Crippen LogP contribution in [0.1, 0.15) is 37.7 Å². The van der Waals surface area contributed by atoms with Crippen molar-refractivity contribution in [2.45, 2.75) is 26.4 Å². The van der Waals surface area contributed by atoms with Crippen molar-refractivity contribution in [3.63, 3.8) is 0 Å². The van der Waals surface area contributed by atoms with Crippen LogP contribution in [-0.2, 0) is 20.7 Å². The number of hydrogen-bond acceptors (Lipinski definition) is 6. The highest BCUT2D eigenvalue weighted by Gasteiger charge is 2.31. The number of fused-ring (bicyclic) bond motifs is 1. The fourth-order valence-electron chi connectivity index (χ4n) is 3.09. The number of ketones is 1. The number of aryl methyl sites for hydroxylation is 1. The number of rotatable bonds is 5. The average molecular weight is 375 g/mol. The molecule has 1 aliphatic heterocycles. The third kappa shape index (κ3) is 3.55. The molecule has 1 unspecified atom stereocenters. The van der Waals surface area contributed by atoms with E-state index in [2.05, 4.69) is 4.98 Å². The standard InChI is InChI=1S/C19H18FNO6/c1-9-16(19(24)25-3)10(2)21-17(9)13(22)8-26-18(23)15-7-11-6-12(20)4-5-14(11)27-15/h4-6,15,21H,7-8H2,1-3H3. The second-order valence-electron chi connectivity index (χ2n) is 6.21. The van der Waals surface area contributed by atoms with E-state index in [1.54, 1.807) is 13.8 Å². The number of aromatic nitrogens is 1. The fraction of sp³-hybridized carbons (Fsp3) is 0.316. The van der Waals surface area contributed by atoms with Crippen LogP contribution in [0.3, 0.4) is 0 Å². The Kier molecular flexibility index (Phi) is 4.98. The average Bonchev–Trinajstić information content (AvgIpc) is 3.19. The maximum Gasteiger partial charge on any atom is 0.348 e. The van der Waals surface area contributed by atoms with E-state index in [1.807, 2.05) is 0 Å². The summed E-state index contributed by atoms with van der Waals surface area (Å²) in [5.74, 6) is -1.75. The number of esters is 2. The largest absolute Gasteiger partial charge is 0.478 e. The Balaban J connectivity index is 1.63. The topological polar surface area (TPSA) is 94.7 Å². The molecule has 2 aromatic rings. The summed E-state index contributed by atoms with van der Waals surface area (Å²) in [4.78, 5) is 39.1. The second kappa shape index (κ2) is 7.22. The van der Waals surface area contributed by atoms with Gasteiger partial charge in [-0.2, -0.15) is 0 Å². The minimum Gasteiger partial charge on any atom is -0.478 e. The van der Waals surface area contributed by atoms with Crippen LogP contribution in [0.15, 0.2) is 18.2 Å². The molecular formula is C19H18FNO6. The zero-order valence-electron chi connectivity index (χ0n) is 15.1. The fourth-order valence-corrected chi connectivity index (χ4v) is 3.09. The van der Waals surface area contributed by atoms with Crippen molar-refractivity contribution in [3.8, 4) is 5.75 Å². The Bertz CT molecular complexity index is 933. The molecule has 1 atom stereocenters. The van der Waals surface area contributed by atoms with Crippen molar-refractivity contribution in [1.29, 1.82) is 0 Å². The Morgan fingerprint density at radius 3 is 2.74 bits per heavy atom. The number of hydrogen-bond donors (Lipinski definition) is 1. The summed E-state index contributed by atoms with van der Waals surface area (Å²) in [6.45, 7) is 2.74. The number of halogens is 1. The Labute approximate surface area is 154 Å². The van der Waals surface area contributed by atoms with E-state index < -0.39 is 36.2 Å². The van der Waals surface area contributed by atoms with Crippen LogP contribution in [0, 0.1) is 19.7 Å². The van der Waals surface area contributed by atoms with Gasteiger partial charge in [-0.3, -0.25) is 4.79 Å². The highest BCUT2D eigenvalue weighted by atomic mass is 19.1. The number of methoxy groups -OCH3 is 1. The molecule has 0 fully saturated rings. The first-order valence-corrected chi connectivity index (χ1v) is 8.24. The van der Waals surface area contributed by atoms with Gasteiger partial charge in [0.05, 0.1) is 18.4 Å². The molecule has 0 saturated heterocycles. The Morgan fingerprint density at radius 1 is 1.30 bits per heavy atom. The zero-order valence-corrected chi connectivity index (χ0v) is 15.1. The van der Waals surface area contributed by atoms with Gasteiger partial charge in [-0.05, 0) is 37.6 Å². The van der Waals surface area contributed by atoms with Gasteiger partial charge in [-0.15, -0.1) is 0 Å². The maximum absolute atomic E-state index is 13.2. The van der Waals surface area contributed by atoms with Crippen LogP contribution < -0.4 is 4.74 Å². The van der Waals surface area contributed by atoms with Crippen LogP contribution in [0.25, 0.3) is 0 Å². The first kappa shape index (κ1) is 18.6. The number of ether oxygens (including phenoxy) is 3. The predicted octanol–water partition coefficient (Wildman–Crippen LogP) is 2.29. The first-order valence-electron chi connectivity index (χ1n) is 8.24. The molecule has 142 valence electrons. The smallest absolute Gasteiger partial charge is 0.348 e. The number of carbonyl (C=O) groups is 3. The Hall–Kier alpha value is -3.16. The van der Waals surface area contributed by atoms with Gasteiger partial charge in [0.2, 0.25) is 5.78 Å². The van der Waals surface area contributed by atoms with Crippen molar-refractivity contribution in [3.05, 3.63) is 52.1 Å². The highest BCUT2D eigenvalue weighted by molar-refractivity contribution is 6.02. The number of nitrogens with one attached hydrogen (secondary N) is 1. The molecule has 7 nitrogen and oxygen atoms in total. The lowest BCUT2D eigenvalue weighted by Crippen LogP contribution is -2.29. The van der Waals surface area contributed by atoms with Gasteiger partial charge in [-0.25, -0.2) is 14.0 Å². The van der Waals surface area contributed by atoms with E-state index in [9.17, 15) is 18.8 Å². The SMILES string of the molecule is COC(=O)c1c(C)[nH]c(C(=O)COC(=O)C2Cc3cc(F)ccc3O2)c1C. The molecule has 2 heterocycles. The summed E-state index contributed by atoms with van der Waals surface area (Å²) in [7, 11) is 1.25. The minimum absolute atomic E-state index is 0.174. The predicted molar refractivity (Wildman–Crippen MR) is 91.4 cm³/mol. The van der Waals surface area contributed by atoms with Gasteiger partial charge in [0.1, 0.15) is 11.6 Å². The number of aromatic amines is 1. The van der Waals surface area contributed by atoms with E-state index in [4.69, 9.17) is 14.2 Å². The van der Waals surface area contributed by atoms with Crippen LogP contribution >= 0.6 is 0 Å². The number of H-pyrrole nitrogens is 1. The van der Waals surface area contributed by atoms with Gasteiger partial charge in [0, 0.05) is 17.7 Å². The molecule has 8 heteroatoms. The first-order chi connectivity index (χ1) is 12.8. The molecule has 1 aliphatic rings. The molecule has 1 N–H and O–H groups in total. The quantitative estimate of drug-likeness (QED) is 0.636. The highest BCUT2D eigenvalue weighted by Crippen LogP contribution is 2.29. The van der Waals surface area contributed by atoms with Gasteiger partial charge in [0.15, 0.2) is 12.7 Å². The van der Waals surface area contributed by atoms with Crippen molar-refractivity contribution in [2.24, 2.45) is 0 Å². The van der Waals surface area contributed by atoms with Gasteiger partial charge < -0.3 is 19.2 Å². The lowest BCUT2D eigenvalue weighted by molar-refractivity contribution is -0.149. The molecule has 0 saturated carbocycles. The number of benzene rings is 1. The molecule has 0 aliphatic carbocycles. The number of Topliss-reactive ketones (excluding diaryl/α,β-unsaturated/α-hetero) is 1. The lowest BCUT2D eigenvalue weighted by atomic mass is 10.1. The van der Waals surface area contributed by atoms with Crippen LogP contribution in [0.5, 0.6) is 5.75 Å². The van der Waals surface area contributed by atoms with Gasteiger partial charge >= 0.3 is 11.9 Å². The third-order valence-corrected chi connectivity index (χ3v) is 4.41. The second-order valence-corrected chi connectivity index (χ2v) is 6.21. The van der Waals surface area contributed by atoms with Gasteiger partial charge in [0.25, 0.3) is 0 Å². The number of carbonyl (C=O) groups excluding carboxylic acids is 3. The van der Waals surface area contributed by atoms with Crippen molar-refractivity contribution < 1.29 is 33.0 Å². The molecule has 0 amide bonds. The maximum atomic E-state index is 13.2.